The van der Waals surface area contributed by atoms with E-state index in [9.17, 15) is 0 Å². The molecule has 4 nitrogen and oxygen atoms in total. The summed E-state index contributed by atoms with van der Waals surface area (Å²) in [5, 5.41) is 9.30. The highest BCUT2D eigenvalue weighted by Crippen LogP contribution is 2.26. The van der Waals surface area contributed by atoms with Crippen molar-refractivity contribution >= 4 is 23.6 Å². The topological polar surface area (TPSA) is 36.9 Å². The summed E-state index contributed by atoms with van der Waals surface area (Å²) in [5.74, 6) is 0.958. The Morgan fingerprint density at radius 1 is 1.61 bits per heavy atom. The molecule has 2 heterocycles. The Morgan fingerprint density at radius 2 is 2.44 bits per heavy atom. The van der Waals surface area contributed by atoms with E-state index in [1.165, 1.54) is 12.8 Å². The molecule has 0 spiro atoms. The third kappa shape index (κ3) is 2.41. The standard InChI is InChI=1S/C12H16N4S2/c1-15(9-4-5-9)6-7-16-11(13-14-12(16)17)10-3-2-8-18-10/h2-3,8-9H,4-7H2,1H3,(H,14,17). The van der Waals surface area contributed by atoms with E-state index in [0.717, 1.165) is 29.8 Å². The van der Waals surface area contributed by atoms with Crippen molar-refractivity contribution in [3.8, 4) is 10.7 Å². The van der Waals surface area contributed by atoms with Crippen LogP contribution in [0.5, 0.6) is 0 Å². The summed E-state index contributed by atoms with van der Waals surface area (Å²) in [6.07, 6.45) is 2.68. The van der Waals surface area contributed by atoms with Gasteiger partial charge in [0.25, 0.3) is 0 Å². The van der Waals surface area contributed by atoms with E-state index in [0.29, 0.717) is 4.77 Å². The van der Waals surface area contributed by atoms with Gasteiger partial charge in [0.2, 0.25) is 0 Å². The lowest BCUT2D eigenvalue weighted by molar-refractivity contribution is 0.309. The van der Waals surface area contributed by atoms with Gasteiger partial charge in [-0.05, 0) is 43.6 Å². The maximum absolute atomic E-state index is 5.31. The summed E-state index contributed by atoms with van der Waals surface area (Å²) in [6, 6.07) is 4.91. The zero-order chi connectivity index (χ0) is 12.5. The molecule has 1 aliphatic carbocycles. The van der Waals surface area contributed by atoms with Gasteiger partial charge in [-0.1, -0.05) is 6.07 Å². The fourth-order valence-corrected chi connectivity index (χ4v) is 3.02. The van der Waals surface area contributed by atoms with Crippen LogP contribution >= 0.6 is 23.6 Å². The highest BCUT2D eigenvalue weighted by atomic mass is 32.1. The van der Waals surface area contributed by atoms with E-state index >= 15 is 0 Å². The minimum Gasteiger partial charge on any atom is -0.302 e. The summed E-state index contributed by atoms with van der Waals surface area (Å²) >= 11 is 7.00. The monoisotopic (exact) mass is 280 g/mol. The molecule has 1 saturated carbocycles. The lowest BCUT2D eigenvalue weighted by Crippen LogP contribution is -2.25. The summed E-state index contributed by atoms with van der Waals surface area (Å²) < 4.78 is 2.81. The number of H-pyrrole nitrogens is 1. The normalized spacial score (nSPS) is 15.4. The average molecular weight is 280 g/mol. The molecule has 3 rings (SSSR count). The Balaban J connectivity index is 1.78. The smallest absolute Gasteiger partial charge is 0.195 e. The van der Waals surface area contributed by atoms with Gasteiger partial charge in [-0.15, -0.1) is 11.3 Å². The van der Waals surface area contributed by atoms with Crippen molar-refractivity contribution in [1.82, 2.24) is 19.7 Å². The number of hydrogen-bond donors (Lipinski definition) is 1. The lowest BCUT2D eigenvalue weighted by Gasteiger charge is -2.16. The molecule has 0 aliphatic heterocycles. The van der Waals surface area contributed by atoms with Crippen molar-refractivity contribution in [2.75, 3.05) is 13.6 Å². The fraction of sp³-hybridized carbons (Fsp3) is 0.500. The maximum atomic E-state index is 5.31. The second-order valence-corrected chi connectivity index (χ2v) is 6.03. The minimum atomic E-state index is 0.711. The van der Waals surface area contributed by atoms with Crippen LogP contribution in [0, 0.1) is 4.77 Å². The van der Waals surface area contributed by atoms with E-state index in [4.69, 9.17) is 12.2 Å². The van der Waals surface area contributed by atoms with Gasteiger partial charge in [0.05, 0.1) is 4.88 Å². The number of aromatic amines is 1. The van der Waals surface area contributed by atoms with Crippen LogP contribution in [0.15, 0.2) is 17.5 Å². The molecule has 1 N–H and O–H groups in total. The van der Waals surface area contributed by atoms with Crippen LogP contribution in [0.2, 0.25) is 0 Å². The van der Waals surface area contributed by atoms with E-state index in [1.54, 1.807) is 11.3 Å². The summed E-state index contributed by atoms with van der Waals surface area (Å²) in [6.45, 7) is 1.92. The van der Waals surface area contributed by atoms with Crippen molar-refractivity contribution in [2.45, 2.75) is 25.4 Å². The predicted octanol–water partition coefficient (Wildman–Crippen LogP) is 2.76. The molecule has 0 radical (unpaired) electrons. The number of rotatable bonds is 5. The van der Waals surface area contributed by atoms with Crippen LogP contribution in [-0.4, -0.2) is 39.3 Å². The van der Waals surface area contributed by atoms with Gasteiger partial charge < -0.3 is 4.90 Å². The first kappa shape index (κ1) is 12.1. The van der Waals surface area contributed by atoms with Crippen LogP contribution in [0.1, 0.15) is 12.8 Å². The largest absolute Gasteiger partial charge is 0.302 e. The van der Waals surface area contributed by atoms with Crippen molar-refractivity contribution in [3.05, 3.63) is 22.3 Å². The molecular weight excluding hydrogens is 264 g/mol. The number of nitrogens with zero attached hydrogens (tertiary/aromatic N) is 3. The first-order chi connectivity index (χ1) is 8.75. The Morgan fingerprint density at radius 3 is 3.11 bits per heavy atom. The Hall–Kier alpha value is -0.980. The molecule has 2 aromatic heterocycles. The quantitative estimate of drug-likeness (QED) is 0.856. The molecule has 1 fully saturated rings. The first-order valence-electron chi connectivity index (χ1n) is 6.15. The van der Waals surface area contributed by atoms with Gasteiger partial charge in [0.1, 0.15) is 0 Å². The van der Waals surface area contributed by atoms with E-state index in [-0.39, 0.29) is 0 Å². The Labute approximate surface area is 115 Å². The number of hydrogen-bond acceptors (Lipinski definition) is 4. The van der Waals surface area contributed by atoms with E-state index in [1.807, 2.05) is 6.07 Å². The number of thiophene rings is 1. The van der Waals surface area contributed by atoms with Gasteiger partial charge >= 0.3 is 0 Å². The van der Waals surface area contributed by atoms with Crippen molar-refractivity contribution in [3.63, 3.8) is 0 Å². The highest BCUT2D eigenvalue weighted by Gasteiger charge is 2.25. The van der Waals surface area contributed by atoms with Crippen LogP contribution in [0.25, 0.3) is 10.7 Å². The van der Waals surface area contributed by atoms with Gasteiger partial charge in [-0.2, -0.15) is 5.10 Å². The predicted molar refractivity (Wildman–Crippen MR) is 76.4 cm³/mol. The Kier molecular flexibility index (Phi) is 3.32. The second kappa shape index (κ2) is 4.95. The molecule has 0 bridgehead atoms. The molecule has 0 atom stereocenters. The highest BCUT2D eigenvalue weighted by molar-refractivity contribution is 7.71. The number of likely N-dealkylation sites (N-methyl/N-ethyl adjacent to an activating group) is 1. The minimum absolute atomic E-state index is 0.711. The van der Waals surface area contributed by atoms with Crippen molar-refractivity contribution in [1.29, 1.82) is 0 Å². The van der Waals surface area contributed by atoms with Crippen molar-refractivity contribution in [2.24, 2.45) is 0 Å². The van der Waals surface area contributed by atoms with Crippen LogP contribution < -0.4 is 0 Å². The molecule has 2 aromatic rings. The molecule has 0 amide bonds. The van der Waals surface area contributed by atoms with Gasteiger partial charge in [0.15, 0.2) is 10.6 Å². The summed E-state index contributed by atoms with van der Waals surface area (Å²) in [7, 11) is 2.19. The van der Waals surface area contributed by atoms with Crippen LogP contribution in [0.4, 0.5) is 0 Å². The zero-order valence-electron chi connectivity index (χ0n) is 10.3. The molecule has 18 heavy (non-hydrogen) atoms. The SMILES string of the molecule is CN(CCn1c(-c2cccs2)n[nH]c1=S)C1CC1. The molecule has 1 aliphatic rings. The third-order valence-corrected chi connectivity index (χ3v) is 4.52. The Bertz CT molecular complexity index is 565. The fourth-order valence-electron chi connectivity index (χ4n) is 2.07. The number of aromatic nitrogens is 3. The lowest BCUT2D eigenvalue weighted by atomic mass is 10.4. The van der Waals surface area contributed by atoms with Crippen molar-refractivity contribution < 1.29 is 0 Å². The van der Waals surface area contributed by atoms with Crippen LogP contribution in [0.3, 0.4) is 0 Å². The molecule has 6 heteroatoms. The molecule has 0 aromatic carbocycles. The summed E-state index contributed by atoms with van der Waals surface area (Å²) in [4.78, 5) is 3.57. The summed E-state index contributed by atoms with van der Waals surface area (Å²) in [5.41, 5.74) is 0. The average Bonchev–Trinajstić information content (AvgIpc) is 2.96. The van der Waals surface area contributed by atoms with Crippen LogP contribution in [-0.2, 0) is 6.54 Å². The van der Waals surface area contributed by atoms with E-state index < -0.39 is 0 Å². The zero-order valence-corrected chi connectivity index (χ0v) is 11.9. The van der Waals surface area contributed by atoms with Gasteiger partial charge in [0, 0.05) is 19.1 Å². The second-order valence-electron chi connectivity index (χ2n) is 4.69. The van der Waals surface area contributed by atoms with E-state index in [2.05, 4.69) is 38.2 Å². The molecule has 0 saturated heterocycles. The molecular formula is C12H16N4S2. The number of nitrogens with one attached hydrogen (secondary N) is 1. The third-order valence-electron chi connectivity index (χ3n) is 3.35. The first-order valence-corrected chi connectivity index (χ1v) is 7.44. The van der Waals surface area contributed by atoms with Gasteiger partial charge in [-0.3, -0.25) is 9.67 Å². The maximum Gasteiger partial charge on any atom is 0.195 e. The molecule has 0 unspecified atom stereocenters. The van der Waals surface area contributed by atoms with Gasteiger partial charge in [-0.25, -0.2) is 0 Å². The molecule has 96 valence electrons.